The van der Waals surface area contributed by atoms with Gasteiger partial charge in [-0.3, -0.25) is 0 Å². The predicted molar refractivity (Wildman–Crippen MR) is 75.1 cm³/mol. The minimum atomic E-state index is -0.0354. The van der Waals surface area contributed by atoms with Gasteiger partial charge in [0.25, 0.3) is 0 Å². The standard InChI is InChI=1S/C15H17N3O/c1-10-5-4-6-11-9-12(19-14(10)11)13(16-2)15-17-7-8-18(15)3/h4-9,13,16H,1-3H3. The molecule has 0 amide bonds. The highest BCUT2D eigenvalue weighted by Crippen LogP contribution is 2.28. The first-order chi connectivity index (χ1) is 9.20. The number of hydrogen-bond acceptors (Lipinski definition) is 3. The number of hydrogen-bond donors (Lipinski definition) is 1. The molecular formula is C15H17N3O. The number of aryl methyl sites for hydroxylation is 2. The van der Waals surface area contributed by atoms with Crippen LogP contribution in [0.1, 0.15) is 23.2 Å². The maximum Gasteiger partial charge on any atom is 0.137 e. The van der Waals surface area contributed by atoms with E-state index in [-0.39, 0.29) is 6.04 Å². The normalized spacial score (nSPS) is 13.0. The van der Waals surface area contributed by atoms with E-state index >= 15 is 0 Å². The van der Waals surface area contributed by atoms with Gasteiger partial charge in [-0.2, -0.15) is 0 Å². The first-order valence-electron chi connectivity index (χ1n) is 6.34. The summed E-state index contributed by atoms with van der Waals surface area (Å²) in [6.07, 6.45) is 3.74. The smallest absolute Gasteiger partial charge is 0.137 e. The van der Waals surface area contributed by atoms with Crippen molar-refractivity contribution < 1.29 is 4.42 Å². The molecule has 0 aliphatic heterocycles. The van der Waals surface area contributed by atoms with E-state index in [2.05, 4.69) is 35.4 Å². The van der Waals surface area contributed by atoms with Crippen molar-refractivity contribution in [3.05, 3.63) is 53.8 Å². The van der Waals surface area contributed by atoms with Gasteiger partial charge in [-0.05, 0) is 25.6 Å². The average molecular weight is 255 g/mol. The summed E-state index contributed by atoms with van der Waals surface area (Å²) in [5.74, 6) is 1.83. The fourth-order valence-electron chi connectivity index (χ4n) is 2.42. The van der Waals surface area contributed by atoms with E-state index in [4.69, 9.17) is 4.42 Å². The summed E-state index contributed by atoms with van der Waals surface area (Å²) < 4.78 is 8.02. The Morgan fingerprint density at radius 3 is 2.84 bits per heavy atom. The quantitative estimate of drug-likeness (QED) is 0.782. The molecule has 0 spiro atoms. The molecule has 0 fully saturated rings. The molecule has 1 aromatic carbocycles. The van der Waals surface area contributed by atoms with Crippen LogP contribution in [-0.4, -0.2) is 16.6 Å². The third-order valence-electron chi connectivity index (χ3n) is 3.45. The van der Waals surface area contributed by atoms with Crippen molar-refractivity contribution in [3.8, 4) is 0 Å². The van der Waals surface area contributed by atoms with Crippen LogP contribution in [0, 0.1) is 6.92 Å². The van der Waals surface area contributed by atoms with Gasteiger partial charge in [-0.25, -0.2) is 4.98 Å². The van der Waals surface area contributed by atoms with Gasteiger partial charge in [0.15, 0.2) is 0 Å². The zero-order valence-corrected chi connectivity index (χ0v) is 11.3. The summed E-state index contributed by atoms with van der Waals surface area (Å²) in [4.78, 5) is 4.40. The Bertz CT molecular complexity index is 711. The van der Waals surface area contributed by atoms with Gasteiger partial charge in [0.2, 0.25) is 0 Å². The third kappa shape index (κ3) is 1.94. The van der Waals surface area contributed by atoms with Crippen LogP contribution in [0.5, 0.6) is 0 Å². The number of furan rings is 1. The molecular weight excluding hydrogens is 238 g/mol. The van der Waals surface area contributed by atoms with Crippen LogP contribution in [-0.2, 0) is 7.05 Å². The maximum absolute atomic E-state index is 6.01. The number of fused-ring (bicyclic) bond motifs is 1. The van der Waals surface area contributed by atoms with E-state index in [1.807, 2.05) is 30.9 Å². The molecule has 0 aliphatic carbocycles. The van der Waals surface area contributed by atoms with E-state index in [1.165, 1.54) is 0 Å². The van der Waals surface area contributed by atoms with Gasteiger partial charge in [-0.15, -0.1) is 0 Å². The van der Waals surface area contributed by atoms with Crippen molar-refractivity contribution in [2.24, 2.45) is 7.05 Å². The Morgan fingerprint density at radius 2 is 2.21 bits per heavy atom. The van der Waals surface area contributed by atoms with Crippen LogP contribution in [0.4, 0.5) is 0 Å². The molecule has 4 heteroatoms. The maximum atomic E-state index is 6.01. The Kier molecular flexibility index (Phi) is 2.87. The van der Waals surface area contributed by atoms with Gasteiger partial charge < -0.3 is 14.3 Å². The monoisotopic (exact) mass is 255 g/mol. The summed E-state index contributed by atoms with van der Waals surface area (Å²) in [7, 11) is 3.90. The lowest BCUT2D eigenvalue weighted by Crippen LogP contribution is -2.20. The van der Waals surface area contributed by atoms with Crippen LogP contribution >= 0.6 is 0 Å². The van der Waals surface area contributed by atoms with Crippen molar-refractivity contribution in [2.45, 2.75) is 13.0 Å². The molecule has 3 aromatic rings. The predicted octanol–water partition coefficient (Wildman–Crippen LogP) is 2.78. The van der Waals surface area contributed by atoms with Crippen molar-refractivity contribution in [1.82, 2.24) is 14.9 Å². The number of nitrogens with one attached hydrogen (secondary N) is 1. The van der Waals surface area contributed by atoms with Gasteiger partial charge in [0.1, 0.15) is 23.2 Å². The minimum absolute atomic E-state index is 0.0354. The van der Waals surface area contributed by atoms with Gasteiger partial charge in [-0.1, -0.05) is 18.2 Å². The first kappa shape index (κ1) is 12.0. The molecule has 2 heterocycles. The SMILES string of the molecule is CNC(c1cc2cccc(C)c2o1)c1nccn1C. The van der Waals surface area contributed by atoms with Crippen molar-refractivity contribution >= 4 is 11.0 Å². The molecule has 1 N–H and O–H groups in total. The summed E-state index contributed by atoms with van der Waals surface area (Å²) >= 11 is 0. The highest BCUT2D eigenvalue weighted by Gasteiger charge is 2.20. The summed E-state index contributed by atoms with van der Waals surface area (Å²) in [6.45, 7) is 2.06. The van der Waals surface area contributed by atoms with E-state index in [1.54, 1.807) is 6.20 Å². The Hall–Kier alpha value is -2.07. The van der Waals surface area contributed by atoms with Crippen LogP contribution in [0.3, 0.4) is 0 Å². The molecule has 0 saturated heterocycles. The lowest BCUT2D eigenvalue weighted by Gasteiger charge is -2.13. The number of rotatable bonds is 3. The Labute approximate surface area is 112 Å². The van der Waals surface area contributed by atoms with Crippen molar-refractivity contribution in [2.75, 3.05) is 7.05 Å². The van der Waals surface area contributed by atoms with Crippen molar-refractivity contribution in [1.29, 1.82) is 0 Å². The van der Waals surface area contributed by atoms with Crippen LogP contribution in [0.25, 0.3) is 11.0 Å². The van der Waals surface area contributed by atoms with E-state index < -0.39 is 0 Å². The average Bonchev–Trinajstić information content (AvgIpc) is 2.99. The zero-order chi connectivity index (χ0) is 13.4. The number of aromatic nitrogens is 2. The molecule has 0 saturated carbocycles. The molecule has 98 valence electrons. The molecule has 19 heavy (non-hydrogen) atoms. The molecule has 3 rings (SSSR count). The summed E-state index contributed by atoms with van der Waals surface area (Å²) in [6, 6.07) is 8.22. The molecule has 0 aliphatic rings. The second-order valence-electron chi connectivity index (χ2n) is 4.76. The second-order valence-corrected chi connectivity index (χ2v) is 4.76. The summed E-state index contributed by atoms with van der Waals surface area (Å²) in [5.41, 5.74) is 2.10. The van der Waals surface area contributed by atoms with E-state index in [0.717, 1.165) is 28.1 Å². The molecule has 1 atom stereocenters. The summed E-state index contributed by atoms with van der Waals surface area (Å²) in [5, 5.41) is 4.39. The van der Waals surface area contributed by atoms with E-state index in [0.29, 0.717) is 0 Å². The van der Waals surface area contributed by atoms with Crippen LogP contribution < -0.4 is 5.32 Å². The fourth-order valence-corrected chi connectivity index (χ4v) is 2.42. The van der Waals surface area contributed by atoms with Gasteiger partial charge in [0, 0.05) is 24.8 Å². The van der Waals surface area contributed by atoms with Gasteiger partial charge >= 0.3 is 0 Å². The number of imidazole rings is 1. The molecule has 1 unspecified atom stereocenters. The van der Waals surface area contributed by atoms with Crippen LogP contribution in [0.15, 0.2) is 41.1 Å². The van der Waals surface area contributed by atoms with Gasteiger partial charge in [0.05, 0.1) is 0 Å². The van der Waals surface area contributed by atoms with Crippen LogP contribution in [0.2, 0.25) is 0 Å². The molecule has 0 bridgehead atoms. The first-order valence-corrected chi connectivity index (χ1v) is 6.34. The third-order valence-corrected chi connectivity index (χ3v) is 3.45. The Balaban J connectivity index is 2.12. The lowest BCUT2D eigenvalue weighted by atomic mass is 10.1. The zero-order valence-electron chi connectivity index (χ0n) is 11.3. The lowest BCUT2D eigenvalue weighted by molar-refractivity contribution is 0.471. The molecule has 0 radical (unpaired) electrons. The fraction of sp³-hybridized carbons (Fsp3) is 0.267. The number of nitrogens with zero attached hydrogens (tertiary/aromatic N) is 2. The largest absolute Gasteiger partial charge is 0.459 e. The molecule has 4 nitrogen and oxygen atoms in total. The highest BCUT2D eigenvalue weighted by atomic mass is 16.3. The topological polar surface area (TPSA) is 43.0 Å². The number of benzene rings is 1. The highest BCUT2D eigenvalue weighted by molar-refractivity contribution is 5.81. The van der Waals surface area contributed by atoms with Crippen molar-refractivity contribution in [3.63, 3.8) is 0 Å². The number of para-hydroxylation sites is 1. The Morgan fingerprint density at radius 1 is 1.37 bits per heavy atom. The van der Waals surface area contributed by atoms with E-state index in [9.17, 15) is 0 Å². The second kappa shape index (κ2) is 4.55. The molecule has 2 aromatic heterocycles. The minimum Gasteiger partial charge on any atom is -0.459 e.